The number of rotatable bonds is 9. The smallest absolute Gasteiger partial charge is 0.261 e. The molecule has 2 aromatic carbocycles. The average Bonchev–Trinajstić information content (AvgIpc) is 2.70. The van der Waals surface area contributed by atoms with Crippen LogP contribution in [-0.2, 0) is 16.1 Å². The van der Waals surface area contributed by atoms with E-state index in [2.05, 4.69) is 5.32 Å². The van der Waals surface area contributed by atoms with Gasteiger partial charge in [-0.25, -0.2) is 0 Å². The van der Waals surface area contributed by atoms with Crippen LogP contribution in [0.5, 0.6) is 11.5 Å². The third-order valence-electron chi connectivity index (χ3n) is 4.38. The summed E-state index contributed by atoms with van der Waals surface area (Å²) in [6.07, 6.45) is 0. The third kappa shape index (κ3) is 6.01. The van der Waals surface area contributed by atoms with Crippen molar-refractivity contribution in [2.24, 2.45) is 0 Å². The number of carbonyl (C=O) groups is 2. The lowest BCUT2D eigenvalue weighted by molar-refractivity contribution is -0.142. The SMILES string of the molecule is CCNC(=O)[C@H](C)N(Cc1cccc(C)c1)C(=O)COc1ccc(OC)cc1. The molecule has 0 radical (unpaired) electrons. The van der Waals surface area contributed by atoms with Crippen molar-refractivity contribution in [3.63, 3.8) is 0 Å². The summed E-state index contributed by atoms with van der Waals surface area (Å²) < 4.78 is 10.7. The van der Waals surface area contributed by atoms with Crippen molar-refractivity contribution >= 4 is 11.8 Å². The summed E-state index contributed by atoms with van der Waals surface area (Å²) in [5.41, 5.74) is 2.07. The minimum Gasteiger partial charge on any atom is -0.497 e. The summed E-state index contributed by atoms with van der Waals surface area (Å²) in [4.78, 5) is 26.8. The van der Waals surface area contributed by atoms with Gasteiger partial charge in [0.15, 0.2) is 6.61 Å². The highest BCUT2D eigenvalue weighted by Gasteiger charge is 2.26. The molecule has 0 saturated carbocycles. The Morgan fingerprint density at radius 2 is 1.79 bits per heavy atom. The maximum Gasteiger partial charge on any atom is 0.261 e. The van der Waals surface area contributed by atoms with Crippen molar-refractivity contribution in [2.45, 2.75) is 33.4 Å². The van der Waals surface area contributed by atoms with Crippen LogP contribution in [0.1, 0.15) is 25.0 Å². The van der Waals surface area contributed by atoms with Crippen molar-refractivity contribution in [3.05, 3.63) is 59.7 Å². The van der Waals surface area contributed by atoms with Crippen LogP contribution >= 0.6 is 0 Å². The van der Waals surface area contributed by atoms with Gasteiger partial charge in [-0.1, -0.05) is 29.8 Å². The van der Waals surface area contributed by atoms with E-state index in [-0.39, 0.29) is 18.4 Å². The van der Waals surface area contributed by atoms with Crippen molar-refractivity contribution < 1.29 is 19.1 Å². The van der Waals surface area contributed by atoms with Crippen LogP contribution in [0.2, 0.25) is 0 Å². The van der Waals surface area contributed by atoms with Gasteiger partial charge in [-0.3, -0.25) is 9.59 Å². The number of hydrogen-bond donors (Lipinski definition) is 1. The molecule has 150 valence electrons. The normalized spacial score (nSPS) is 11.4. The molecule has 0 bridgehead atoms. The molecule has 28 heavy (non-hydrogen) atoms. The summed E-state index contributed by atoms with van der Waals surface area (Å²) in [6.45, 7) is 6.27. The molecule has 2 rings (SSSR count). The number of carbonyl (C=O) groups excluding carboxylic acids is 2. The highest BCUT2D eigenvalue weighted by atomic mass is 16.5. The van der Waals surface area contributed by atoms with Crippen molar-refractivity contribution in [3.8, 4) is 11.5 Å². The first-order valence-corrected chi connectivity index (χ1v) is 9.34. The van der Waals surface area contributed by atoms with Crippen molar-refractivity contribution in [1.29, 1.82) is 0 Å². The Morgan fingerprint density at radius 1 is 1.11 bits per heavy atom. The Morgan fingerprint density at radius 3 is 2.39 bits per heavy atom. The zero-order chi connectivity index (χ0) is 20.5. The predicted octanol–water partition coefficient (Wildman–Crippen LogP) is 2.94. The van der Waals surface area contributed by atoms with E-state index in [1.54, 1.807) is 43.2 Å². The zero-order valence-corrected chi connectivity index (χ0v) is 16.9. The second-order valence-electron chi connectivity index (χ2n) is 6.55. The minimum absolute atomic E-state index is 0.151. The van der Waals surface area contributed by atoms with Crippen LogP contribution in [0.4, 0.5) is 0 Å². The fourth-order valence-electron chi connectivity index (χ4n) is 2.81. The summed E-state index contributed by atoms with van der Waals surface area (Å²) in [5, 5.41) is 2.78. The van der Waals surface area contributed by atoms with Gasteiger partial charge in [-0.15, -0.1) is 0 Å². The zero-order valence-electron chi connectivity index (χ0n) is 16.9. The van der Waals surface area contributed by atoms with Crippen molar-refractivity contribution in [1.82, 2.24) is 10.2 Å². The van der Waals surface area contributed by atoms with E-state index >= 15 is 0 Å². The molecule has 0 aromatic heterocycles. The number of benzene rings is 2. The van der Waals surface area contributed by atoms with E-state index < -0.39 is 6.04 Å². The number of ether oxygens (including phenoxy) is 2. The molecule has 6 nitrogen and oxygen atoms in total. The Kier molecular flexibility index (Phi) is 7.87. The van der Waals surface area contributed by atoms with Gasteiger partial charge >= 0.3 is 0 Å². The van der Waals surface area contributed by atoms with Gasteiger partial charge in [-0.2, -0.15) is 0 Å². The van der Waals surface area contributed by atoms with E-state index in [1.807, 2.05) is 38.1 Å². The molecule has 0 saturated heterocycles. The number of amides is 2. The molecule has 2 amide bonds. The molecule has 1 N–H and O–H groups in total. The van der Waals surface area contributed by atoms with Gasteiger partial charge in [-0.05, 0) is 50.6 Å². The average molecular weight is 384 g/mol. The van der Waals surface area contributed by atoms with Gasteiger partial charge in [0.05, 0.1) is 7.11 Å². The molecule has 0 aliphatic rings. The number of likely N-dealkylation sites (N-methyl/N-ethyl adjacent to an activating group) is 1. The highest BCUT2D eigenvalue weighted by molar-refractivity contribution is 5.87. The lowest BCUT2D eigenvalue weighted by atomic mass is 10.1. The minimum atomic E-state index is -0.604. The van der Waals surface area contributed by atoms with Gasteiger partial charge in [0, 0.05) is 13.1 Å². The molecule has 0 heterocycles. The number of nitrogens with one attached hydrogen (secondary N) is 1. The van der Waals surface area contributed by atoms with Crippen LogP contribution in [0.15, 0.2) is 48.5 Å². The quantitative estimate of drug-likeness (QED) is 0.722. The number of methoxy groups -OCH3 is 1. The molecule has 6 heteroatoms. The fraction of sp³-hybridized carbons (Fsp3) is 0.364. The summed E-state index contributed by atoms with van der Waals surface area (Å²) in [7, 11) is 1.59. The molecule has 0 unspecified atom stereocenters. The molecule has 0 spiro atoms. The van der Waals surface area contributed by atoms with Crippen LogP contribution in [0.3, 0.4) is 0 Å². The van der Waals surface area contributed by atoms with Crippen LogP contribution in [-0.4, -0.2) is 43.0 Å². The van der Waals surface area contributed by atoms with E-state index in [0.29, 0.717) is 24.6 Å². The second kappa shape index (κ2) is 10.3. The lowest BCUT2D eigenvalue weighted by Gasteiger charge is -2.28. The third-order valence-corrected chi connectivity index (χ3v) is 4.38. The summed E-state index contributed by atoms with van der Waals surface area (Å²) in [6, 6.07) is 14.3. The van der Waals surface area contributed by atoms with Gasteiger partial charge < -0.3 is 19.7 Å². The van der Waals surface area contributed by atoms with Crippen LogP contribution in [0, 0.1) is 6.92 Å². The monoisotopic (exact) mass is 384 g/mol. The van der Waals surface area contributed by atoms with Gasteiger partial charge in [0.2, 0.25) is 5.91 Å². The molecular weight excluding hydrogens is 356 g/mol. The number of aryl methyl sites for hydroxylation is 1. The number of hydrogen-bond acceptors (Lipinski definition) is 4. The maximum absolute atomic E-state index is 12.9. The first-order chi connectivity index (χ1) is 13.4. The lowest BCUT2D eigenvalue weighted by Crippen LogP contribution is -2.49. The highest BCUT2D eigenvalue weighted by Crippen LogP contribution is 2.18. The van der Waals surface area contributed by atoms with E-state index in [9.17, 15) is 9.59 Å². The van der Waals surface area contributed by atoms with E-state index in [4.69, 9.17) is 9.47 Å². The first kappa shape index (κ1) is 21.3. The first-order valence-electron chi connectivity index (χ1n) is 9.34. The van der Waals surface area contributed by atoms with Gasteiger partial charge in [0.1, 0.15) is 17.5 Å². The summed E-state index contributed by atoms with van der Waals surface area (Å²) >= 11 is 0. The molecule has 1 atom stereocenters. The van der Waals surface area contributed by atoms with Crippen LogP contribution < -0.4 is 14.8 Å². The maximum atomic E-state index is 12.9. The predicted molar refractivity (Wildman–Crippen MR) is 108 cm³/mol. The Labute approximate surface area is 166 Å². The largest absolute Gasteiger partial charge is 0.497 e. The van der Waals surface area contributed by atoms with Crippen molar-refractivity contribution in [2.75, 3.05) is 20.3 Å². The topological polar surface area (TPSA) is 67.9 Å². The van der Waals surface area contributed by atoms with Gasteiger partial charge in [0.25, 0.3) is 5.91 Å². The Bertz CT molecular complexity index is 789. The standard InChI is InChI=1S/C22H28N2O4/c1-5-23-22(26)17(3)24(14-18-8-6-7-16(2)13-18)21(25)15-28-20-11-9-19(27-4)10-12-20/h6-13,17H,5,14-15H2,1-4H3,(H,23,26)/t17-/m0/s1. The second-order valence-corrected chi connectivity index (χ2v) is 6.55. The summed E-state index contributed by atoms with van der Waals surface area (Å²) in [5.74, 6) is 0.837. The molecule has 0 aliphatic carbocycles. The van der Waals surface area contributed by atoms with E-state index in [0.717, 1.165) is 11.1 Å². The molecule has 0 fully saturated rings. The Hall–Kier alpha value is -3.02. The van der Waals surface area contributed by atoms with E-state index in [1.165, 1.54) is 0 Å². The number of nitrogens with zero attached hydrogens (tertiary/aromatic N) is 1. The fourth-order valence-corrected chi connectivity index (χ4v) is 2.81. The molecule has 2 aromatic rings. The van der Waals surface area contributed by atoms with Crippen LogP contribution in [0.25, 0.3) is 0 Å². The molecular formula is C22H28N2O4. The molecule has 0 aliphatic heterocycles. The Balaban J connectivity index is 2.11.